The fourth-order valence-corrected chi connectivity index (χ4v) is 3.98. The van der Waals surface area contributed by atoms with Crippen LogP contribution in [-0.4, -0.2) is 24.7 Å². The summed E-state index contributed by atoms with van der Waals surface area (Å²) < 4.78 is 1.15. The van der Waals surface area contributed by atoms with Gasteiger partial charge in [-0.3, -0.25) is 4.99 Å². The van der Waals surface area contributed by atoms with Crippen molar-refractivity contribution in [2.45, 2.75) is 18.9 Å². The molecule has 1 atom stereocenters. The lowest BCUT2D eigenvalue weighted by atomic mass is 9.82. The van der Waals surface area contributed by atoms with Crippen LogP contribution in [0.1, 0.15) is 24.5 Å². The molecule has 0 radical (unpaired) electrons. The number of aliphatic imine (C=N–C) groups is 1. The molecule has 1 unspecified atom stereocenters. The maximum atomic E-state index is 4.43. The molecular weight excluding hydrogens is 300 g/mol. The summed E-state index contributed by atoms with van der Waals surface area (Å²) in [5.41, 5.74) is 7.13. The molecule has 1 aromatic rings. The van der Waals surface area contributed by atoms with Gasteiger partial charge < -0.3 is 4.90 Å². The summed E-state index contributed by atoms with van der Waals surface area (Å²) in [7, 11) is 2.21. The second-order valence-electron chi connectivity index (χ2n) is 5.71. The molecule has 0 N–H and O–H groups in total. The highest BCUT2D eigenvalue weighted by molar-refractivity contribution is 9.10. The minimum absolute atomic E-state index is 0.0892. The van der Waals surface area contributed by atoms with Gasteiger partial charge >= 0.3 is 0 Å². The second-order valence-corrected chi connectivity index (χ2v) is 6.62. The van der Waals surface area contributed by atoms with Gasteiger partial charge in [0.25, 0.3) is 0 Å². The Bertz CT molecular complexity index is 684. The molecule has 3 heterocycles. The van der Waals surface area contributed by atoms with Gasteiger partial charge in [-0.1, -0.05) is 22.0 Å². The Kier molecular flexibility index (Phi) is 2.17. The smallest absolute Gasteiger partial charge is 0.0669 e. The number of fused-ring (bicyclic) bond motifs is 6. The van der Waals surface area contributed by atoms with Gasteiger partial charge in [0.2, 0.25) is 0 Å². The third-order valence-corrected chi connectivity index (χ3v) is 5.22. The highest BCUT2D eigenvalue weighted by Crippen LogP contribution is 2.54. The number of dihydropyridines is 1. The van der Waals surface area contributed by atoms with Crippen LogP contribution in [0.4, 0.5) is 0 Å². The van der Waals surface area contributed by atoms with Crippen LogP contribution in [0.2, 0.25) is 0 Å². The van der Waals surface area contributed by atoms with Crippen LogP contribution in [0, 0.1) is 0 Å². The fourth-order valence-electron chi connectivity index (χ4n) is 3.62. The normalized spacial score (nSPS) is 27.3. The predicted octanol–water partition coefficient (Wildman–Crippen LogP) is 3.74. The first-order valence-corrected chi connectivity index (χ1v) is 7.37. The summed E-state index contributed by atoms with van der Waals surface area (Å²) in [6.45, 7) is 3.16. The molecule has 0 saturated carbocycles. The molecule has 3 heteroatoms. The van der Waals surface area contributed by atoms with Gasteiger partial charge in [-0.25, -0.2) is 0 Å². The second kappa shape index (κ2) is 3.60. The monoisotopic (exact) mass is 314 g/mol. The Balaban J connectivity index is 2.08. The molecular formula is C16H15BrN2. The van der Waals surface area contributed by atoms with Crippen molar-refractivity contribution in [3.05, 3.63) is 51.0 Å². The SMILES string of the molecule is CN1C2=C3CN=CC=C3CC1(C)c1ccc(Br)cc12. The highest BCUT2D eigenvalue weighted by atomic mass is 79.9. The van der Waals surface area contributed by atoms with Crippen molar-refractivity contribution in [1.82, 2.24) is 4.90 Å². The zero-order valence-electron chi connectivity index (χ0n) is 11.1. The predicted molar refractivity (Wildman–Crippen MR) is 82.2 cm³/mol. The van der Waals surface area contributed by atoms with Gasteiger partial charge in [0.05, 0.1) is 17.8 Å². The molecule has 0 spiro atoms. The van der Waals surface area contributed by atoms with Crippen LogP contribution >= 0.6 is 15.9 Å². The summed E-state index contributed by atoms with van der Waals surface area (Å²) in [6.07, 6.45) is 5.21. The average molecular weight is 315 g/mol. The zero-order valence-corrected chi connectivity index (χ0v) is 12.7. The standard InChI is InChI=1S/C16H15BrN2/c1-16-8-10-5-6-18-9-13(10)15(19(16)2)12-7-11(17)3-4-14(12)16/h3-7H,8-9H2,1-2H3. The number of halogens is 1. The number of rotatable bonds is 0. The van der Waals surface area contributed by atoms with Gasteiger partial charge in [0.1, 0.15) is 0 Å². The van der Waals surface area contributed by atoms with Crippen LogP contribution in [-0.2, 0) is 5.54 Å². The molecule has 0 fully saturated rings. The van der Waals surface area contributed by atoms with E-state index < -0.39 is 0 Å². The third-order valence-electron chi connectivity index (χ3n) is 4.73. The van der Waals surface area contributed by atoms with E-state index in [0.717, 1.165) is 17.4 Å². The van der Waals surface area contributed by atoms with E-state index in [9.17, 15) is 0 Å². The zero-order chi connectivity index (χ0) is 13.2. The number of nitrogens with zero attached hydrogens (tertiary/aromatic N) is 2. The molecule has 19 heavy (non-hydrogen) atoms. The Morgan fingerprint density at radius 2 is 2.21 bits per heavy atom. The summed E-state index contributed by atoms with van der Waals surface area (Å²) in [5.74, 6) is 0. The van der Waals surface area contributed by atoms with Gasteiger partial charge in [-0.2, -0.15) is 0 Å². The summed E-state index contributed by atoms with van der Waals surface area (Å²) in [5, 5.41) is 0. The number of hydrogen-bond acceptors (Lipinski definition) is 2. The fraction of sp³-hybridized carbons (Fsp3) is 0.312. The quantitative estimate of drug-likeness (QED) is 0.712. The van der Waals surface area contributed by atoms with Crippen molar-refractivity contribution < 1.29 is 0 Å². The van der Waals surface area contributed by atoms with E-state index in [2.05, 4.69) is 64.1 Å². The Morgan fingerprint density at radius 1 is 1.37 bits per heavy atom. The first-order chi connectivity index (χ1) is 9.11. The van der Waals surface area contributed by atoms with Gasteiger partial charge in [0.15, 0.2) is 0 Å². The third kappa shape index (κ3) is 1.34. The van der Waals surface area contributed by atoms with E-state index in [4.69, 9.17) is 0 Å². The largest absolute Gasteiger partial charge is 0.364 e. The molecule has 3 aliphatic heterocycles. The first kappa shape index (κ1) is 11.5. The average Bonchev–Trinajstić information content (AvgIpc) is 2.53. The highest BCUT2D eigenvalue weighted by Gasteiger charge is 2.47. The van der Waals surface area contributed by atoms with Crippen molar-refractivity contribution in [3.63, 3.8) is 0 Å². The summed E-state index contributed by atoms with van der Waals surface area (Å²) >= 11 is 3.60. The van der Waals surface area contributed by atoms with Crippen LogP contribution in [0.15, 0.2) is 44.9 Å². The molecule has 96 valence electrons. The van der Waals surface area contributed by atoms with E-state index in [1.54, 1.807) is 0 Å². The number of benzene rings is 1. The number of hydrogen-bond donors (Lipinski definition) is 0. The lowest BCUT2D eigenvalue weighted by molar-refractivity contribution is 0.224. The maximum absolute atomic E-state index is 4.43. The van der Waals surface area contributed by atoms with Gasteiger partial charge in [-0.05, 0) is 36.3 Å². The molecule has 4 rings (SSSR count). The topological polar surface area (TPSA) is 15.6 Å². The van der Waals surface area contributed by atoms with Crippen molar-refractivity contribution in [1.29, 1.82) is 0 Å². The summed E-state index contributed by atoms with van der Waals surface area (Å²) in [4.78, 5) is 6.88. The van der Waals surface area contributed by atoms with E-state index in [1.807, 2.05) is 6.21 Å². The Morgan fingerprint density at radius 3 is 3.05 bits per heavy atom. The maximum Gasteiger partial charge on any atom is 0.0669 e. The van der Waals surface area contributed by atoms with Crippen molar-refractivity contribution in [2.75, 3.05) is 13.6 Å². The van der Waals surface area contributed by atoms with Crippen LogP contribution in [0.25, 0.3) is 5.70 Å². The van der Waals surface area contributed by atoms with Crippen LogP contribution < -0.4 is 0 Å². The number of allylic oxidation sites excluding steroid dienone is 1. The minimum atomic E-state index is 0.0892. The minimum Gasteiger partial charge on any atom is -0.364 e. The van der Waals surface area contributed by atoms with Crippen molar-refractivity contribution in [2.24, 2.45) is 4.99 Å². The molecule has 2 bridgehead atoms. The van der Waals surface area contributed by atoms with E-state index in [-0.39, 0.29) is 5.54 Å². The molecule has 0 saturated heterocycles. The van der Waals surface area contributed by atoms with E-state index in [0.29, 0.717) is 0 Å². The molecule has 0 amide bonds. The lowest BCUT2D eigenvalue weighted by Gasteiger charge is -2.41. The first-order valence-electron chi connectivity index (χ1n) is 6.58. The van der Waals surface area contributed by atoms with E-state index >= 15 is 0 Å². The lowest BCUT2D eigenvalue weighted by Crippen LogP contribution is -2.39. The molecule has 3 aliphatic rings. The molecule has 0 aliphatic carbocycles. The van der Waals surface area contributed by atoms with Crippen molar-refractivity contribution >= 4 is 27.8 Å². The molecule has 0 aromatic heterocycles. The van der Waals surface area contributed by atoms with Crippen molar-refractivity contribution in [3.8, 4) is 0 Å². The Labute approximate surface area is 121 Å². The van der Waals surface area contributed by atoms with Crippen LogP contribution in [0.3, 0.4) is 0 Å². The van der Waals surface area contributed by atoms with Crippen LogP contribution in [0.5, 0.6) is 0 Å². The Hall–Kier alpha value is -1.35. The van der Waals surface area contributed by atoms with Gasteiger partial charge in [-0.15, -0.1) is 0 Å². The molecule has 1 aromatic carbocycles. The summed E-state index contributed by atoms with van der Waals surface area (Å²) in [6, 6.07) is 6.67. The van der Waals surface area contributed by atoms with E-state index in [1.165, 1.54) is 28.0 Å². The van der Waals surface area contributed by atoms with Gasteiger partial charge in [0, 0.05) is 35.3 Å². The molecule has 2 nitrogen and oxygen atoms in total.